The van der Waals surface area contributed by atoms with Gasteiger partial charge in [-0.2, -0.15) is 0 Å². The normalized spacial score (nSPS) is 11.0. The van der Waals surface area contributed by atoms with E-state index >= 15 is 0 Å². The van der Waals surface area contributed by atoms with Crippen molar-refractivity contribution in [1.29, 1.82) is 0 Å². The van der Waals surface area contributed by atoms with E-state index in [0.717, 1.165) is 0 Å². The molecule has 0 aliphatic carbocycles. The van der Waals surface area contributed by atoms with Crippen LogP contribution in [0.25, 0.3) is 0 Å². The zero-order valence-corrected chi connectivity index (χ0v) is 13.3. The summed E-state index contributed by atoms with van der Waals surface area (Å²) >= 11 is 3.17. The van der Waals surface area contributed by atoms with Gasteiger partial charge in [-0.3, -0.25) is 4.72 Å². The zero-order valence-electron chi connectivity index (χ0n) is 10.9. The molecular formula is C11H12BrN5O3S. The summed E-state index contributed by atoms with van der Waals surface area (Å²) in [7, 11) is -2.39. The molecule has 2 rings (SSSR count). The average Bonchev–Trinajstić information content (AvgIpc) is 2.47. The molecule has 2 heterocycles. The number of hydrogen-bond acceptors (Lipinski definition) is 7. The fourth-order valence-corrected chi connectivity index (χ4v) is 3.18. The number of nitrogens with zero attached hydrogens (tertiary/aromatic N) is 2. The molecule has 0 aromatic carbocycles. The first-order chi connectivity index (χ1) is 9.96. The van der Waals surface area contributed by atoms with Crippen LogP contribution in [0.2, 0.25) is 0 Å². The van der Waals surface area contributed by atoms with Crippen LogP contribution in [0.1, 0.15) is 0 Å². The van der Waals surface area contributed by atoms with Crippen molar-refractivity contribution in [3.8, 4) is 5.88 Å². The summed E-state index contributed by atoms with van der Waals surface area (Å²) in [5.74, 6) is 5.70. The molecule has 2 aromatic heterocycles. The lowest BCUT2D eigenvalue weighted by Gasteiger charge is -2.11. The molecule has 0 unspecified atom stereocenters. The van der Waals surface area contributed by atoms with Crippen LogP contribution >= 0.6 is 15.9 Å². The predicted molar refractivity (Wildman–Crippen MR) is 81.3 cm³/mol. The van der Waals surface area contributed by atoms with Gasteiger partial charge in [0, 0.05) is 16.7 Å². The van der Waals surface area contributed by atoms with Gasteiger partial charge in [0.1, 0.15) is 4.90 Å². The molecule has 0 radical (unpaired) electrons. The lowest BCUT2D eigenvalue weighted by molar-refractivity contribution is 0.398. The average molecular weight is 374 g/mol. The third-order valence-electron chi connectivity index (χ3n) is 2.44. The second-order valence-corrected chi connectivity index (χ2v) is 6.41. The van der Waals surface area contributed by atoms with E-state index in [1.807, 2.05) is 0 Å². The van der Waals surface area contributed by atoms with E-state index in [1.54, 1.807) is 6.07 Å². The summed E-state index contributed by atoms with van der Waals surface area (Å²) in [4.78, 5) is 7.73. The van der Waals surface area contributed by atoms with E-state index in [9.17, 15) is 8.42 Å². The molecule has 2 aromatic rings. The first-order valence-corrected chi connectivity index (χ1v) is 7.89. The Kier molecular flexibility index (Phi) is 4.60. The molecule has 21 heavy (non-hydrogen) atoms. The first-order valence-electron chi connectivity index (χ1n) is 5.61. The van der Waals surface area contributed by atoms with Gasteiger partial charge in [0.25, 0.3) is 10.0 Å². The number of aromatic nitrogens is 2. The van der Waals surface area contributed by atoms with E-state index in [-0.39, 0.29) is 10.7 Å². The minimum absolute atomic E-state index is 0.0344. The van der Waals surface area contributed by atoms with Crippen LogP contribution in [-0.4, -0.2) is 25.5 Å². The first kappa shape index (κ1) is 15.5. The Balaban J connectivity index is 2.35. The van der Waals surface area contributed by atoms with Crippen LogP contribution in [0.3, 0.4) is 0 Å². The molecule has 0 spiro atoms. The van der Waals surface area contributed by atoms with E-state index in [4.69, 9.17) is 10.6 Å². The zero-order chi connectivity index (χ0) is 15.5. The number of halogens is 1. The molecule has 8 nitrogen and oxygen atoms in total. The fourth-order valence-electron chi connectivity index (χ4n) is 1.51. The van der Waals surface area contributed by atoms with E-state index < -0.39 is 10.0 Å². The lowest BCUT2D eigenvalue weighted by atomic mass is 10.4. The standard InChI is InChI=1S/C11H12BrN5O3S/c1-20-10-3-2-8(6-14-10)17-21(18,19)9-4-7(12)5-15-11(9)16-13/h2-6,17H,13H2,1H3,(H,15,16). The van der Waals surface area contributed by atoms with Crippen LogP contribution in [0, 0.1) is 0 Å². The molecule has 0 bridgehead atoms. The van der Waals surface area contributed by atoms with Crippen LogP contribution in [0.4, 0.5) is 11.5 Å². The van der Waals surface area contributed by atoms with Crippen molar-refractivity contribution in [2.75, 3.05) is 17.3 Å². The highest BCUT2D eigenvalue weighted by Gasteiger charge is 2.20. The Morgan fingerprint density at radius 1 is 1.29 bits per heavy atom. The molecule has 4 N–H and O–H groups in total. The number of hydrazine groups is 1. The van der Waals surface area contributed by atoms with E-state index in [0.29, 0.717) is 16.0 Å². The number of methoxy groups -OCH3 is 1. The second-order valence-electron chi connectivity index (χ2n) is 3.84. The monoisotopic (exact) mass is 373 g/mol. The maximum Gasteiger partial charge on any atom is 0.265 e. The molecule has 0 aliphatic rings. The summed E-state index contributed by atoms with van der Waals surface area (Å²) in [5, 5.41) is 0. The number of sulfonamides is 1. The van der Waals surface area contributed by atoms with Gasteiger partial charge in [0.15, 0.2) is 5.82 Å². The molecule has 0 saturated carbocycles. The van der Waals surface area contributed by atoms with Crippen molar-refractivity contribution >= 4 is 37.5 Å². The lowest BCUT2D eigenvalue weighted by Crippen LogP contribution is -2.18. The highest BCUT2D eigenvalue weighted by atomic mass is 79.9. The third kappa shape index (κ3) is 3.60. The molecule has 0 atom stereocenters. The summed E-state index contributed by atoms with van der Waals surface area (Å²) < 4.78 is 32.5. The van der Waals surface area contributed by atoms with Crippen LogP contribution in [0.15, 0.2) is 40.0 Å². The van der Waals surface area contributed by atoms with Crippen LogP contribution in [0.5, 0.6) is 5.88 Å². The minimum atomic E-state index is -3.86. The summed E-state index contributed by atoms with van der Waals surface area (Å²) in [6.45, 7) is 0. The van der Waals surface area contributed by atoms with Gasteiger partial charge in [-0.1, -0.05) is 0 Å². The van der Waals surface area contributed by atoms with Crippen molar-refractivity contribution in [2.24, 2.45) is 5.84 Å². The molecule has 112 valence electrons. The summed E-state index contributed by atoms with van der Waals surface area (Å²) in [5.41, 5.74) is 2.54. The van der Waals surface area contributed by atoms with Crippen molar-refractivity contribution < 1.29 is 13.2 Å². The van der Waals surface area contributed by atoms with Gasteiger partial charge in [0.05, 0.1) is 19.0 Å². The summed E-state index contributed by atoms with van der Waals surface area (Å²) in [6.07, 6.45) is 2.78. The number of nitrogens with two attached hydrogens (primary N) is 1. The minimum Gasteiger partial charge on any atom is -0.481 e. The van der Waals surface area contributed by atoms with Gasteiger partial charge < -0.3 is 10.2 Å². The maximum absolute atomic E-state index is 12.4. The van der Waals surface area contributed by atoms with E-state index in [2.05, 4.69) is 36.0 Å². The second kappa shape index (κ2) is 6.24. The molecule has 0 aliphatic heterocycles. The van der Waals surface area contributed by atoms with Crippen molar-refractivity contribution in [1.82, 2.24) is 9.97 Å². The fraction of sp³-hybridized carbons (Fsp3) is 0.0909. The summed E-state index contributed by atoms with van der Waals surface area (Å²) in [6, 6.07) is 4.46. The highest BCUT2D eigenvalue weighted by Crippen LogP contribution is 2.24. The van der Waals surface area contributed by atoms with Gasteiger partial charge in [-0.25, -0.2) is 24.2 Å². The SMILES string of the molecule is COc1ccc(NS(=O)(=O)c2cc(Br)cnc2NN)cn1. The van der Waals surface area contributed by atoms with Crippen LogP contribution in [-0.2, 0) is 10.0 Å². The van der Waals surface area contributed by atoms with Gasteiger partial charge in [0.2, 0.25) is 5.88 Å². The van der Waals surface area contributed by atoms with Crippen molar-refractivity contribution in [2.45, 2.75) is 4.90 Å². The maximum atomic E-state index is 12.4. The highest BCUT2D eigenvalue weighted by molar-refractivity contribution is 9.10. The predicted octanol–water partition coefficient (Wildman–Crippen LogP) is 1.33. The van der Waals surface area contributed by atoms with Crippen molar-refractivity contribution in [3.05, 3.63) is 35.1 Å². The number of ether oxygens (including phenoxy) is 1. The molecule has 0 amide bonds. The van der Waals surface area contributed by atoms with Gasteiger partial charge >= 0.3 is 0 Å². The van der Waals surface area contributed by atoms with Crippen LogP contribution < -0.4 is 20.7 Å². The Morgan fingerprint density at radius 2 is 2.05 bits per heavy atom. The Bertz CT molecular complexity index is 736. The Labute approximate surface area is 129 Å². The Morgan fingerprint density at radius 3 is 2.62 bits per heavy atom. The number of nitrogen functional groups attached to an aromatic ring is 1. The quantitative estimate of drug-likeness (QED) is 0.534. The third-order valence-corrected chi connectivity index (χ3v) is 4.27. The Hall–Kier alpha value is -1.91. The number of hydrogen-bond donors (Lipinski definition) is 3. The number of nitrogens with one attached hydrogen (secondary N) is 2. The molecular weight excluding hydrogens is 362 g/mol. The number of pyridine rings is 2. The number of anilines is 2. The smallest absolute Gasteiger partial charge is 0.265 e. The van der Waals surface area contributed by atoms with Gasteiger partial charge in [-0.15, -0.1) is 0 Å². The number of rotatable bonds is 5. The topological polar surface area (TPSA) is 119 Å². The largest absolute Gasteiger partial charge is 0.481 e. The molecule has 0 saturated heterocycles. The van der Waals surface area contributed by atoms with E-state index in [1.165, 1.54) is 31.6 Å². The van der Waals surface area contributed by atoms with Gasteiger partial charge in [-0.05, 0) is 28.1 Å². The molecule has 0 fully saturated rings. The molecule has 10 heteroatoms. The van der Waals surface area contributed by atoms with Crippen molar-refractivity contribution in [3.63, 3.8) is 0 Å².